The third-order valence-corrected chi connectivity index (χ3v) is 29.7. The van der Waals surface area contributed by atoms with E-state index in [1.165, 1.54) is 63.7 Å². The SMILES string of the molecule is [Au+].[Au+].[Au+].[Au+].[C-]#Cc1ccc2c(c1)c1cc(C#[C-])ccc1n2C.[C-]#Cc1ccc2c(c1)c1cc(C#[C-])ccc1n2C.c1ccc([PH+](c2ccccc2)c2ccccc2[PH+](c2ccccc2)c2ccccc2)cc1.c1ccc([PH+](c2ccccc2)c2ccccc2[PH+](c2ccccc2)c2ccccc2)cc1. The van der Waals surface area contributed by atoms with E-state index in [0.717, 1.165) is 65.9 Å². The van der Waals surface area contributed by atoms with Crippen molar-refractivity contribution in [1.29, 1.82) is 0 Å². The minimum Gasteiger partial charge on any atom is -0.366 e. The van der Waals surface area contributed by atoms with Crippen molar-refractivity contribution >= 4 is 139 Å². The molecule has 16 aromatic rings. The van der Waals surface area contributed by atoms with Gasteiger partial charge in [-0.25, -0.2) is 0 Å². The summed E-state index contributed by atoms with van der Waals surface area (Å²) in [4.78, 5) is 0. The standard InChI is InChI=1S/2C30H24P2.2C17H9N.4Au/c2*1-5-15-25(16-6-1)31(26-17-7-2-8-18-26)29-23-13-14-24-30(29)32(27-19-9-3-10-20-27)28-21-11-4-12-22-28;2*1-4-12-6-8-16-14(10-12)15-11-13(5-2)7-9-17(15)18(16)3;;;;/h2*1-24H;2*6-11H,3H3;;;;/q;;2*-2;4*+1/p+4. The maximum absolute atomic E-state index is 7.21. The van der Waals surface area contributed by atoms with Crippen LogP contribution in [-0.2, 0) is 104 Å². The summed E-state index contributed by atoms with van der Waals surface area (Å²) in [5.74, 6) is 9.64. The van der Waals surface area contributed by atoms with Crippen LogP contribution in [0.1, 0.15) is 22.3 Å². The van der Waals surface area contributed by atoms with E-state index in [-0.39, 0.29) is 89.5 Å². The zero-order valence-corrected chi connectivity index (χ0v) is 69.4. The molecule has 0 amide bonds. The van der Waals surface area contributed by atoms with Gasteiger partial charge in [0.15, 0.2) is 0 Å². The normalized spacial score (nSPS) is 10.4. The van der Waals surface area contributed by atoms with Crippen LogP contribution in [-0.4, -0.2) is 9.13 Å². The average molecular weight is 2140 g/mol. The molecule has 104 heavy (non-hydrogen) atoms. The second kappa shape index (κ2) is 39.1. The molecule has 14 aromatic carbocycles. The Morgan fingerprint density at radius 1 is 0.202 bits per heavy atom. The number of aryl methyl sites for hydroxylation is 2. The van der Waals surface area contributed by atoms with E-state index < -0.39 is 31.7 Å². The average Bonchev–Trinajstić information content (AvgIpc) is 1.47. The van der Waals surface area contributed by atoms with Crippen LogP contribution in [0.15, 0.2) is 364 Å². The fourth-order valence-electron chi connectivity index (χ4n) is 13.3. The van der Waals surface area contributed by atoms with Crippen LogP contribution in [0.3, 0.4) is 0 Å². The van der Waals surface area contributed by atoms with Crippen molar-refractivity contribution in [3.8, 4) is 23.7 Å². The number of aromatic nitrogens is 2. The topological polar surface area (TPSA) is 9.86 Å². The maximum atomic E-state index is 7.21. The molecule has 0 spiro atoms. The van der Waals surface area contributed by atoms with Crippen molar-refractivity contribution in [2.45, 2.75) is 0 Å². The van der Waals surface area contributed by atoms with Gasteiger partial charge in [-0.2, -0.15) is 0 Å². The predicted octanol–water partition coefficient (Wildman–Crippen LogP) is 15.7. The van der Waals surface area contributed by atoms with Gasteiger partial charge in [-0.3, -0.25) is 23.7 Å². The first-order valence-electron chi connectivity index (χ1n) is 33.2. The van der Waals surface area contributed by atoms with Gasteiger partial charge >= 0.3 is 89.5 Å². The van der Waals surface area contributed by atoms with Gasteiger partial charge in [-0.05, 0) is 143 Å². The summed E-state index contributed by atoms with van der Waals surface area (Å²) in [7, 11) is -0.520. The van der Waals surface area contributed by atoms with Crippen molar-refractivity contribution in [3.63, 3.8) is 0 Å². The van der Waals surface area contributed by atoms with Crippen molar-refractivity contribution in [2.24, 2.45) is 14.1 Å². The van der Waals surface area contributed by atoms with Gasteiger partial charge in [-0.15, -0.1) is 70.8 Å². The fraction of sp³-hybridized carbons (Fsp3) is 0.0213. The first kappa shape index (κ1) is 79.7. The maximum Gasteiger partial charge on any atom is 1.00 e. The van der Waals surface area contributed by atoms with Crippen LogP contribution >= 0.6 is 31.7 Å². The molecule has 2 heterocycles. The van der Waals surface area contributed by atoms with Gasteiger partial charge in [0.05, 0.1) is 0 Å². The van der Waals surface area contributed by atoms with Crippen molar-refractivity contribution in [3.05, 3.63) is 412 Å². The number of benzene rings is 14. The largest absolute Gasteiger partial charge is 1.00 e. The molecule has 2 nitrogen and oxygen atoms in total. The number of hydrogen-bond donors (Lipinski definition) is 0. The molecule has 10 heteroatoms. The van der Waals surface area contributed by atoms with Crippen LogP contribution in [0, 0.1) is 49.4 Å². The third kappa shape index (κ3) is 18.3. The minimum absolute atomic E-state index is 0. The quantitative estimate of drug-likeness (QED) is 0.0499. The number of rotatable bonds is 12. The predicted molar refractivity (Wildman–Crippen MR) is 439 cm³/mol. The summed E-state index contributed by atoms with van der Waals surface area (Å²) in [6.07, 6.45) is 28.9. The van der Waals surface area contributed by atoms with Gasteiger partial charge in [0.25, 0.3) is 0 Å². The molecule has 0 bridgehead atoms. The van der Waals surface area contributed by atoms with Gasteiger partial charge < -0.3 is 34.8 Å². The Kier molecular flexibility index (Phi) is 30.0. The monoisotopic (exact) mass is 2140 g/mol. The summed E-state index contributed by atoms with van der Waals surface area (Å²) in [5.41, 5.74) is 7.52. The number of fused-ring (bicyclic) bond motifs is 6. The van der Waals surface area contributed by atoms with Gasteiger partial charge in [-0.1, -0.05) is 194 Å². The third-order valence-electron chi connectivity index (χ3n) is 18.0. The Morgan fingerprint density at radius 3 is 0.490 bits per heavy atom. The summed E-state index contributed by atoms with van der Waals surface area (Å²) in [6, 6.07) is 130. The number of nitrogens with zero attached hydrogens (tertiary/aromatic N) is 2. The summed E-state index contributed by atoms with van der Waals surface area (Å²) >= 11 is 0. The molecule has 516 valence electrons. The molecule has 16 rings (SSSR count). The summed E-state index contributed by atoms with van der Waals surface area (Å²) in [6.45, 7) is 0. The number of hydrogen-bond acceptors (Lipinski definition) is 0. The zero-order chi connectivity index (χ0) is 68.6. The molecule has 0 fully saturated rings. The Balaban J connectivity index is 0.000000164. The van der Waals surface area contributed by atoms with Gasteiger partial charge in [0.2, 0.25) is 0 Å². The molecule has 0 radical (unpaired) electrons. The van der Waals surface area contributed by atoms with E-state index in [0.29, 0.717) is 0 Å². The van der Waals surface area contributed by atoms with Crippen LogP contribution in [0.2, 0.25) is 0 Å². The Labute approximate surface area is 680 Å². The molecule has 0 N–H and O–H groups in total. The van der Waals surface area contributed by atoms with Crippen LogP contribution in [0.5, 0.6) is 0 Å². The van der Waals surface area contributed by atoms with E-state index >= 15 is 0 Å². The minimum atomic E-state index is -1.14. The molecular formula is C94H70Au4N2P4+4. The van der Waals surface area contributed by atoms with E-state index in [4.69, 9.17) is 25.7 Å². The van der Waals surface area contributed by atoms with Crippen LogP contribution < -0.4 is 63.7 Å². The smallest absolute Gasteiger partial charge is 0.366 e. The zero-order valence-electron chi connectivity index (χ0n) is 56.7. The van der Waals surface area contributed by atoms with E-state index in [1.807, 2.05) is 86.9 Å². The van der Waals surface area contributed by atoms with E-state index in [1.54, 1.807) is 0 Å². The molecule has 0 saturated carbocycles. The van der Waals surface area contributed by atoms with E-state index in [2.05, 4.69) is 324 Å². The van der Waals surface area contributed by atoms with Gasteiger partial charge in [0.1, 0.15) is 95.3 Å². The molecule has 0 saturated heterocycles. The summed E-state index contributed by atoms with van der Waals surface area (Å²) in [5, 5.41) is 21.8. The molecule has 0 aliphatic carbocycles. The molecular weight excluding hydrogens is 2070 g/mol. The molecule has 0 aliphatic rings. The summed E-state index contributed by atoms with van der Waals surface area (Å²) < 4.78 is 4.23. The van der Waals surface area contributed by atoms with Crippen LogP contribution in [0.4, 0.5) is 0 Å². The van der Waals surface area contributed by atoms with Crippen molar-refractivity contribution in [2.75, 3.05) is 0 Å². The molecule has 0 atom stereocenters. The second-order valence-corrected chi connectivity index (χ2v) is 33.8. The first-order valence-corrected chi connectivity index (χ1v) is 39.2. The Bertz CT molecular complexity index is 4780. The fourth-order valence-corrected chi connectivity index (χ4v) is 25.3. The van der Waals surface area contributed by atoms with E-state index in [9.17, 15) is 0 Å². The van der Waals surface area contributed by atoms with Crippen molar-refractivity contribution in [1.82, 2.24) is 9.13 Å². The second-order valence-electron chi connectivity index (χ2n) is 24.1. The Morgan fingerprint density at radius 2 is 0.346 bits per heavy atom. The molecule has 0 aliphatic heterocycles. The Hall–Kier alpha value is -8.40. The molecule has 2 aromatic heterocycles. The van der Waals surface area contributed by atoms with Crippen molar-refractivity contribution < 1.29 is 89.5 Å². The van der Waals surface area contributed by atoms with Gasteiger partial charge in [0, 0.05) is 36.2 Å². The first-order chi connectivity index (χ1) is 49.3. The van der Waals surface area contributed by atoms with Crippen LogP contribution in [0.25, 0.3) is 43.6 Å². The molecule has 0 unspecified atom stereocenters.